The average Bonchev–Trinajstić information content (AvgIpc) is 3.12. The molecule has 0 saturated carbocycles. The third-order valence-corrected chi connectivity index (χ3v) is 4.25. The van der Waals surface area contributed by atoms with Gasteiger partial charge in [-0.2, -0.15) is 5.10 Å². The van der Waals surface area contributed by atoms with Gasteiger partial charge in [-0.3, -0.25) is 15.2 Å². The van der Waals surface area contributed by atoms with E-state index in [1.807, 2.05) is 12.1 Å². The molecule has 0 radical (unpaired) electrons. The van der Waals surface area contributed by atoms with E-state index in [-0.39, 0.29) is 11.8 Å². The van der Waals surface area contributed by atoms with Crippen LogP contribution in [-0.2, 0) is 16.6 Å². The molecule has 1 aromatic heterocycles. The molecule has 3 amide bonds. The predicted octanol–water partition coefficient (Wildman–Crippen LogP) is 4.17. The molecule has 3 aromatic rings. The van der Waals surface area contributed by atoms with Crippen LogP contribution >= 0.6 is 0 Å². The van der Waals surface area contributed by atoms with Crippen molar-refractivity contribution in [3.8, 4) is 11.5 Å². The minimum absolute atomic E-state index is 0.0847. The van der Waals surface area contributed by atoms with Crippen molar-refractivity contribution < 1.29 is 14.3 Å². The monoisotopic (exact) mass is 407 g/mol. The van der Waals surface area contributed by atoms with Gasteiger partial charge in [0.1, 0.15) is 11.5 Å². The number of primary amides is 1. The van der Waals surface area contributed by atoms with Crippen LogP contribution in [0.4, 0.5) is 16.3 Å². The lowest BCUT2D eigenvalue weighted by Crippen LogP contribution is -2.19. The van der Waals surface area contributed by atoms with E-state index in [2.05, 4.69) is 41.6 Å². The normalized spacial score (nSPS) is 11.0. The molecule has 0 aliphatic rings. The fourth-order valence-corrected chi connectivity index (χ4v) is 2.71. The number of amides is 3. The maximum absolute atomic E-state index is 12.2. The van der Waals surface area contributed by atoms with Crippen LogP contribution in [0.15, 0.2) is 54.6 Å². The third-order valence-electron chi connectivity index (χ3n) is 4.25. The van der Waals surface area contributed by atoms with Crippen LogP contribution in [0.2, 0.25) is 0 Å². The molecule has 156 valence electrons. The summed E-state index contributed by atoms with van der Waals surface area (Å²) in [6.45, 7) is 6.17. The molecule has 0 aliphatic heterocycles. The zero-order valence-corrected chi connectivity index (χ0v) is 17.2. The Bertz CT molecular complexity index is 1040. The first-order chi connectivity index (χ1) is 14.2. The van der Waals surface area contributed by atoms with E-state index >= 15 is 0 Å². The number of hydrogen-bond acceptors (Lipinski definition) is 4. The third kappa shape index (κ3) is 5.84. The molecule has 0 spiro atoms. The number of anilines is 2. The van der Waals surface area contributed by atoms with Crippen molar-refractivity contribution in [2.45, 2.75) is 32.6 Å². The Balaban J connectivity index is 1.57. The molecule has 3 rings (SSSR count). The van der Waals surface area contributed by atoms with Gasteiger partial charge in [-0.05, 0) is 42.0 Å². The van der Waals surface area contributed by atoms with Crippen LogP contribution in [0.1, 0.15) is 32.0 Å². The largest absolute Gasteiger partial charge is 0.457 e. The molecular weight excluding hydrogens is 382 g/mol. The van der Waals surface area contributed by atoms with Gasteiger partial charge in [0, 0.05) is 22.9 Å². The number of nitrogens with two attached hydrogens (primary N) is 1. The smallest absolute Gasteiger partial charge is 0.324 e. The van der Waals surface area contributed by atoms with Gasteiger partial charge >= 0.3 is 6.03 Å². The van der Waals surface area contributed by atoms with E-state index in [4.69, 9.17) is 10.5 Å². The van der Waals surface area contributed by atoms with Crippen molar-refractivity contribution in [1.29, 1.82) is 0 Å². The first-order valence-electron chi connectivity index (χ1n) is 9.48. The van der Waals surface area contributed by atoms with Gasteiger partial charge in [-0.1, -0.05) is 32.9 Å². The topological polar surface area (TPSA) is 122 Å². The van der Waals surface area contributed by atoms with Gasteiger partial charge in [-0.25, -0.2) is 4.79 Å². The number of hydrogen-bond donors (Lipinski definition) is 4. The second kappa shape index (κ2) is 8.69. The van der Waals surface area contributed by atoms with E-state index < -0.39 is 11.9 Å². The zero-order chi connectivity index (χ0) is 21.7. The van der Waals surface area contributed by atoms with E-state index in [1.54, 1.807) is 42.5 Å². The van der Waals surface area contributed by atoms with Crippen molar-refractivity contribution in [2.75, 3.05) is 10.6 Å². The lowest BCUT2D eigenvalue weighted by molar-refractivity contribution is -0.117. The Morgan fingerprint density at radius 1 is 1.03 bits per heavy atom. The highest BCUT2D eigenvalue weighted by Crippen LogP contribution is 2.25. The number of nitrogens with zero attached hydrogens (tertiary/aromatic N) is 1. The molecule has 0 saturated heterocycles. The minimum atomic E-state index is -0.398. The molecule has 0 unspecified atom stereocenters. The van der Waals surface area contributed by atoms with E-state index in [0.29, 0.717) is 23.0 Å². The van der Waals surface area contributed by atoms with Crippen LogP contribution in [0.5, 0.6) is 11.5 Å². The number of aromatic nitrogens is 2. The van der Waals surface area contributed by atoms with Gasteiger partial charge in [0.2, 0.25) is 5.91 Å². The lowest BCUT2D eigenvalue weighted by Gasteiger charge is -2.14. The molecule has 5 N–H and O–H groups in total. The number of H-pyrrole nitrogens is 1. The van der Waals surface area contributed by atoms with Gasteiger partial charge in [0.25, 0.3) is 0 Å². The standard InChI is InChI=1S/C22H25N5O3/c1-22(2,3)18-13-20(27-26-18)25-21(29)24-15-7-9-16(10-8-15)30-17-6-4-5-14(11-17)12-19(23)28/h4-11,13H,12H2,1-3H3,(H2,23,28)(H3,24,25,26,27,29). The van der Waals surface area contributed by atoms with Crippen molar-refractivity contribution in [3.05, 3.63) is 65.9 Å². The first kappa shape index (κ1) is 20.9. The second-order valence-corrected chi connectivity index (χ2v) is 7.91. The summed E-state index contributed by atoms with van der Waals surface area (Å²) in [5, 5.41) is 12.5. The number of aromatic amines is 1. The van der Waals surface area contributed by atoms with Gasteiger partial charge in [0.05, 0.1) is 6.42 Å². The van der Waals surface area contributed by atoms with Crippen LogP contribution in [0.3, 0.4) is 0 Å². The lowest BCUT2D eigenvalue weighted by atomic mass is 9.92. The summed E-state index contributed by atoms with van der Waals surface area (Å²) in [5.74, 6) is 1.25. The summed E-state index contributed by atoms with van der Waals surface area (Å²) < 4.78 is 5.80. The van der Waals surface area contributed by atoms with Crippen LogP contribution < -0.4 is 21.1 Å². The molecule has 1 heterocycles. The number of rotatable bonds is 6. The average molecular weight is 407 g/mol. The minimum Gasteiger partial charge on any atom is -0.457 e. The number of ether oxygens (including phenoxy) is 1. The Kier molecular flexibility index (Phi) is 6.06. The van der Waals surface area contributed by atoms with E-state index in [0.717, 1.165) is 11.3 Å². The summed E-state index contributed by atoms with van der Waals surface area (Å²) in [6, 6.07) is 15.5. The molecule has 0 atom stereocenters. The quantitative estimate of drug-likeness (QED) is 0.490. The molecular formula is C22H25N5O3. The Hall–Kier alpha value is -3.81. The molecule has 30 heavy (non-hydrogen) atoms. The molecule has 0 fully saturated rings. The van der Waals surface area contributed by atoms with Crippen LogP contribution in [0, 0.1) is 0 Å². The zero-order valence-electron chi connectivity index (χ0n) is 17.2. The van der Waals surface area contributed by atoms with Gasteiger partial charge in [0.15, 0.2) is 5.82 Å². The SMILES string of the molecule is CC(C)(C)c1cc(NC(=O)Nc2ccc(Oc3cccc(CC(N)=O)c3)cc2)n[nH]1. The summed E-state index contributed by atoms with van der Waals surface area (Å²) in [5.41, 5.74) is 7.46. The number of benzene rings is 2. The van der Waals surface area contributed by atoms with Crippen molar-refractivity contribution in [2.24, 2.45) is 5.73 Å². The van der Waals surface area contributed by atoms with E-state index in [1.165, 1.54) is 0 Å². The summed E-state index contributed by atoms with van der Waals surface area (Å²) >= 11 is 0. The van der Waals surface area contributed by atoms with Crippen molar-refractivity contribution in [1.82, 2.24) is 10.2 Å². The number of carbonyl (C=O) groups is 2. The maximum Gasteiger partial charge on any atom is 0.324 e. The fourth-order valence-electron chi connectivity index (χ4n) is 2.71. The van der Waals surface area contributed by atoms with Crippen molar-refractivity contribution in [3.63, 3.8) is 0 Å². The molecule has 8 heteroatoms. The summed E-state index contributed by atoms with van der Waals surface area (Å²) in [6.07, 6.45) is 0.155. The molecule has 2 aromatic carbocycles. The highest BCUT2D eigenvalue weighted by atomic mass is 16.5. The first-order valence-corrected chi connectivity index (χ1v) is 9.48. The number of carbonyl (C=O) groups excluding carboxylic acids is 2. The summed E-state index contributed by atoms with van der Waals surface area (Å²) in [4.78, 5) is 23.3. The number of nitrogens with one attached hydrogen (secondary N) is 3. The fraction of sp³-hybridized carbons (Fsp3) is 0.227. The highest BCUT2D eigenvalue weighted by molar-refractivity contribution is 5.99. The van der Waals surface area contributed by atoms with Crippen LogP contribution in [-0.4, -0.2) is 22.1 Å². The second-order valence-electron chi connectivity index (χ2n) is 7.91. The molecule has 0 bridgehead atoms. The van der Waals surface area contributed by atoms with Crippen LogP contribution in [0.25, 0.3) is 0 Å². The Morgan fingerprint density at radius 3 is 2.40 bits per heavy atom. The number of urea groups is 1. The Labute approximate surface area is 174 Å². The van der Waals surface area contributed by atoms with Gasteiger partial charge in [-0.15, -0.1) is 0 Å². The predicted molar refractivity (Wildman–Crippen MR) is 116 cm³/mol. The highest BCUT2D eigenvalue weighted by Gasteiger charge is 2.17. The van der Waals surface area contributed by atoms with E-state index in [9.17, 15) is 9.59 Å². The van der Waals surface area contributed by atoms with Gasteiger partial charge < -0.3 is 15.8 Å². The summed E-state index contributed by atoms with van der Waals surface area (Å²) in [7, 11) is 0. The Morgan fingerprint density at radius 2 is 1.77 bits per heavy atom. The molecule has 8 nitrogen and oxygen atoms in total. The van der Waals surface area contributed by atoms with Crippen molar-refractivity contribution >= 4 is 23.4 Å². The molecule has 0 aliphatic carbocycles. The maximum atomic E-state index is 12.2.